The Labute approximate surface area is 144 Å². The monoisotopic (exact) mass is 349 g/mol. The van der Waals surface area contributed by atoms with Crippen LogP contribution in [0.4, 0.5) is 13.2 Å². The van der Waals surface area contributed by atoms with Crippen LogP contribution in [0.3, 0.4) is 0 Å². The molecule has 1 saturated heterocycles. The summed E-state index contributed by atoms with van der Waals surface area (Å²) in [5.41, 5.74) is 0.976. The zero-order valence-electron chi connectivity index (χ0n) is 13.6. The van der Waals surface area contributed by atoms with E-state index in [1.165, 1.54) is 30.3 Å². The number of carbonyl (C=O) groups excluding carboxylic acids is 1. The van der Waals surface area contributed by atoms with Crippen LogP contribution in [0.25, 0.3) is 0 Å². The number of amides is 1. The second kappa shape index (κ2) is 7.70. The van der Waals surface area contributed by atoms with E-state index >= 15 is 0 Å². The van der Waals surface area contributed by atoms with Gasteiger partial charge in [0.2, 0.25) is 0 Å². The third-order valence-corrected chi connectivity index (χ3v) is 4.23. The number of likely N-dealkylation sites (tertiary alicyclic amines) is 1. The highest BCUT2D eigenvalue weighted by Crippen LogP contribution is 2.18. The number of benzene rings is 2. The predicted molar refractivity (Wildman–Crippen MR) is 86.5 cm³/mol. The SMILES string of the molecule is O=C(c1ccc(F)cc1)N1CCCC(OCc2ccc(F)c(F)c2)C1. The molecule has 0 spiro atoms. The van der Waals surface area contributed by atoms with Gasteiger partial charge in [0.15, 0.2) is 11.6 Å². The lowest BCUT2D eigenvalue weighted by molar-refractivity contribution is -0.00682. The van der Waals surface area contributed by atoms with Crippen molar-refractivity contribution < 1.29 is 22.7 Å². The largest absolute Gasteiger partial charge is 0.372 e. The molecule has 3 rings (SSSR count). The smallest absolute Gasteiger partial charge is 0.253 e. The lowest BCUT2D eigenvalue weighted by atomic mass is 10.1. The van der Waals surface area contributed by atoms with Crippen molar-refractivity contribution >= 4 is 5.91 Å². The van der Waals surface area contributed by atoms with Crippen LogP contribution < -0.4 is 0 Å². The lowest BCUT2D eigenvalue weighted by Crippen LogP contribution is -2.43. The molecule has 2 aromatic rings. The number of ether oxygens (including phenoxy) is 1. The molecule has 2 aromatic carbocycles. The summed E-state index contributed by atoms with van der Waals surface area (Å²) in [6, 6.07) is 9.09. The first kappa shape index (κ1) is 17.5. The molecule has 0 aromatic heterocycles. The average molecular weight is 349 g/mol. The van der Waals surface area contributed by atoms with Crippen molar-refractivity contribution in [1.82, 2.24) is 4.90 Å². The second-order valence-corrected chi connectivity index (χ2v) is 6.08. The third kappa shape index (κ3) is 4.39. The van der Waals surface area contributed by atoms with Crippen molar-refractivity contribution in [2.24, 2.45) is 0 Å². The van der Waals surface area contributed by atoms with Crippen molar-refractivity contribution in [3.05, 3.63) is 71.0 Å². The molecule has 0 N–H and O–H groups in total. The minimum absolute atomic E-state index is 0.153. The van der Waals surface area contributed by atoms with Crippen LogP contribution in [0.15, 0.2) is 42.5 Å². The molecule has 1 amide bonds. The Morgan fingerprint density at radius 3 is 2.56 bits per heavy atom. The normalized spacial score (nSPS) is 17.6. The molecule has 0 bridgehead atoms. The number of carbonyl (C=O) groups is 1. The van der Waals surface area contributed by atoms with Crippen LogP contribution in [-0.4, -0.2) is 30.0 Å². The summed E-state index contributed by atoms with van der Waals surface area (Å²) in [7, 11) is 0. The van der Waals surface area contributed by atoms with Gasteiger partial charge in [0.25, 0.3) is 5.91 Å². The van der Waals surface area contributed by atoms with Crippen LogP contribution in [0.1, 0.15) is 28.8 Å². The van der Waals surface area contributed by atoms with Crippen molar-refractivity contribution in [1.29, 1.82) is 0 Å². The van der Waals surface area contributed by atoms with Gasteiger partial charge in [-0.3, -0.25) is 4.79 Å². The van der Waals surface area contributed by atoms with Gasteiger partial charge in [-0.25, -0.2) is 13.2 Å². The number of hydrogen-bond acceptors (Lipinski definition) is 2. The van der Waals surface area contributed by atoms with Gasteiger partial charge in [0.1, 0.15) is 5.82 Å². The highest BCUT2D eigenvalue weighted by atomic mass is 19.2. The molecule has 25 heavy (non-hydrogen) atoms. The maximum atomic E-state index is 13.2. The molecule has 1 unspecified atom stereocenters. The maximum Gasteiger partial charge on any atom is 0.253 e. The van der Waals surface area contributed by atoms with Crippen LogP contribution in [0.5, 0.6) is 0 Å². The highest BCUT2D eigenvalue weighted by Gasteiger charge is 2.25. The molecule has 3 nitrogen and oxygen atoms in total. The van der Waals surface area contributed by atoms with E-state index < -0.39 is 11.6 Å². The molecular formula is C19H18F3NO2. The predicted octanol–water partition coefficient (Wildman–Crippen LogP) is 3.93. The number of halogens is 3. The van der Waals surface area contributed by atoms with Crippen LogP contribution in [-0.2, 0) is 11.3 Å². The lowest BCUT2D eigenvalue weighted by Gasteiger charge is -2.32. The molecule has 1 fully saturated rings. The van der Waals surface area contributed by atoms with Crippen LogP contribution in [0, 0.1) is 17.5 Å². The minimum Gasteiger partial charge on any atom is -0.372 e. The van der Waals surface area contributed by atoms with Gasteiger partial charge < -0.3 is 9.64 Å². The Kier molecular flexibility index (Phi) is 5.38. The van der Waals surface area contributed by atoms with Crippen molar-refractivity contribution in [3.63, 3.8) is 0 Å². The van der Waals surface area contributed by atoms with E-state index in [0.29, 0.717) is 24.2 Å². The van der Waals surface area contributed by atoms with Crippen molar-refractivity contribution in [3.8, 4) is 0 Å². The summed E-state index contributed by atoms with van der Waals surface area (Å²) < 4.78 is 44.9. The summed E-state index contributed by atoms with van der Waals surface area (Å²) in [5, 5.41) is 0. The Morgan fingerprint density at radius 2 is 1.84 bits per heavy atom. The molecule has 132 valence electrons. The van der Waals surface area contributed by atoms with E-state index in [2.05, 4.69) is 0 Å². The highest BCUT2D eigenvalue weighted by molar-refractivity contribution is 5.94. The first-order chi connectivity index (χ1) is 12.0. The topological polar surface area (TPSA) is 29.5 Å². The average Bonchev–Trinajstić information content (AvgIpc) is 2.63. The summed E-state index contributed by atoms with van der Waals surface area (Å²) in [4.78, 5) is 14.1. The molecule has 1 atom stereocenters. The molecule has 0 radical (unpaired) electrons. The minimum atomic E-state index is -0.905. The van der Waals surface area contributed by atoms with Crippen LogP contribution in [0.2, 0.25) is 0 Å². The van der Waals surface area contributed by atoms with Gasteiger partial charge in [-0.1, -0.05) is 6.07 Å². The molecule has 0 saturated carbocycles. The fourth-order valence-corrected chi connectivity index (χ4v) is 2.88. The Balaban J connectivity index is 1.58. The summed E-state index contributed by atoms with van der Waals surface area (Å²) in [6.07, 6.45) is 1.40. The number of nitrogens with zero attached hydrogens (tertiary/aromatic N) is 1. The molecule has 0 aliphatic carbocycles. The summed E-state index contributed by atoms with van der Waals surface area (Å²) in [5.74, 6) is -2.35. The van der Waals surface area contributed by atoms with E-state index in [4.69, 9.17) is 4.74 Å². The molecule has 1 aliphatic rings. The second-order valence-electron chi connectivity index (χ2n) is 6.08. The van der Waals surface area contributed by atoms with E-state index in [1.807, 2.05) is 0 Å². The Morgan fingerprint density at radius 1 is 1.08 bits per heavy atom. The van der Waals surface area contributed by atoms with Crippen LogP contribution >= 0.6 is 0 Å². The number of hydrogen-bond donors (Lipinski definition) is 0. The fraction of sp³-hybridized carbons (Fsp3) is 0.316. The summed E-state index contributed by atoms with van der Waals surface area (Å²) in [6.45, 7) is 1.18. The van der Waals surface area contributed by atoms with Gasteiger partial charge in [-0.05, 0) is 54.8 Å². The quantitative estimate of drug-likeness (QED) is 0.837. The molecule has 6 heteroatoms. The van der Waals surface area contributed by atoms with Gasteiger partial charge >= 0.3 is 0 Å². The van der Waals surface area contributed by atoms with Gasteiger partial charge in [0.05, 0.1) is 12.7 Å². The fourth-order valence-electron chi connectivity index (χ4n) is 2.88. The van der Waals surface area contributed by atoms with E-state index in [-0.39, 0.29) is 24.4 Å². The number of rotatable bonds is 4. The standard InChI is InChI=1S/C19H18F3NO2/c20-15-6-4-14(5-7-15)19(24)23-9-1-2-16(11-23)25-12-13-3-8-17(21)18(22)10-13/h3-8,10,16H,1-2,9,11-12H2. The van der Waals surface area contributed by atoms with E-state index in [9.17, 15) is 18.0 Å². The number of piperidine rings is 1. The molecule has 1 aliphatic heterocycles. The molecular weight excluding hydrogens is 331 g/mol. The Bertz CT molecular complexity index is 749. The van der Waals surface area contributed by atoms with Gasteiger partial charge in [0, 0.05) is 18.7 Å². The van der Waals surface area contributed by atoms with E-state index in [0.717, 1.165) is 25.0 Å². The maximum absolute atomic E-state index is 13.2. The Hall–Kier alpha value is -2.34. The van der Waals surface area contributed by atoms with Crippen molar-refractivity contribution in [2.45, 2.75) is 25.6 Å². The zero-order chi connectivity index (χ0) is 17.8. The van der Waals surface area contributed by atoms with Gasteiger partial charge in [-0.15, -0.1) is 0 Å². The van der Waals surface area contributed by atoms with Gasteiger partial charge in [-0.2, -0.15) is 0 Å². The van der Waals surface area contributed by atoms with E-state index in [1.54, 1.807) is 4.90 Å². The third-order valence-electron chi connectivity index (χ3n) is 4.23. The zero-order valence-corrected chi connectivity index (χ0v) is 13.6. The van der Waals surface area contributed by atoms with Crippen molar-refractivity contribution in [2.75, 3.05) is 13.1 Å². The first-order valence-electron chi connectivity index (χ1n) is 8.13. The first-order valence-corrected chi connectivity index (χ1v) is 8.13. The summed E-state index contributed by atoms with van der Waals surface area (Å²) >= 11 is 0. The molecule has 1 heterocycles.